The zero-order chi connectivity index (χ0) is 20.8. The Labute approximate surface area is 177 Å². The van der Waals surface area contributed by atoms with E-state index in [-0.39, 0.29) is 0 Å². The number of benzene rings is 1. The highest BCUT2D eigenvalue weighted by atomic mass is 15.3. The second-order valence-corrected chi connectivity index (χ2v) is 7.51. The first-order valence-electron chi connectivity index (χ1n) is 10.4. The van der Waals surface area contributed by atoms with Crippen molar-refractivity contribution in [3.8, 4) is 22.4 Å². The summed E-state index contributed by atoms with van der Waals surface area (Å²) < 4.78 is 2.08. The fraction of sp³-hybridized carbons (Fsp3) is 0.240. The average Bonchev–Trinajstić information content (AvgIpc) is 3.11. The normalized spacial score (nSPS) is 11.0. The van der Waals surface area contributed by atoms with Gasteiger partial charge in [0.05, 0.1) is 11.4 Å². The number of aromatic nitrogens is 4. The Morgan fingerprint density at radius 3 is 2.43 bits per heavy atom. The van der Waals surface area contributed by atoms with Crippen LogP contribution >= 0.6 is 0 Å². The van der Waals surface area contributed by atoms with Crippen molar-refractivity contribution in [1.29, 1.82) is 0 Å². The summed E-state index contributed by atoms with van der Waals surface area (Å²) in [4.78, 5) is 8.94. The van der Waals surface area contributed by atoms with Gasteiger partial charge in [-0.25, -0.2) is 0 Å². The van der Waals surface area contributed by atoms with Gasteiger partial charge in [-0.15, -0.1) is 0 Å². The highest BCUT2D eigenvalue weighted by Crippen LogP contribution is 2.26. The Bertz CT molecular complexity index is 1090. The molecule has 0 aliphatic rings. The Balaban J connectivity index is 1.47. The Morgan fingerprint density at radius 1 is 0.900 bits per heavy atom. The summed E-state index contributed by atoms with van der Waals surface area (Å²) in [5.41, 5.74) is 7.88. The molecule has 0 spiro atoms. The molecule has 4 rings (SSSR count). The van der Waals surface area contributed by atoms with Crippen LogP contribution in [0, 0.1) is 13.8 Å². The molecule has 0 atom stereocenters. The smallest absolute Gasteiger partial charge is 0.0748 e. The Kier molecular flexibility index (Phi) is 6.30. The van der Waals surface area contributed by atoms with Crippen molar-refractivity contribution in [2.24, 2.45) is 0 Å². The first-order chi connectivity index (χ1) is 14.7. The van der Waals surface area contributed by atoms with Crippen molar-refractivity contribution < 1.29 is 0 Å². The highest BCUT2D eigenvalue weighted by Gasteiger charge is 2.09. The zero-order valence-electron chi connectivity index (χ0n) is 17.5. The molecule has 1 N–H and O–H groups in total. The van der Waals surface area contributed by atoms with Gasteiger partial charge in [0.15, 0.2) is 0 Å². The van der Waals surface area contributed by atoms with Crippen molar-refractivity contribution in [3.63, 3.8) is 0 Å². The average molecular weight is 398 g/mol. The molecule has 0 saturated heterocycles. The van der Waals surface area contributed by atoms with Crippen LogP contribution in [-0.4, -0.2) is 26.3 Å². The summed E-state index contributed by atoms with van der Waals surface area (Å²) >= 11 is 0. The van der Waals surface area contributed by atoms with Crippen LogP contribution in [0.2, 0.25) is 0 Å². The summed E-state index contributed by atoms with van der Waals surface area (Å²) in [5.74, 6) is 0. The van der Waals surface area contributed by atoms with E-state index in [9.17, 15) is 0 Å². The third-order valence-corrected chi connectivity index (χ3v) is 5.17. The molecule has 0 aliphatic heterocycles. The van der Waals surface area contributed by atoms with E-state index in [1.165, 1.54) is 16.8 Å². The second-order valence-electron chi connectivity index (χ2n) is 7.51. The van der Waals surface area contributed by atoms with Gasteiger partial charge in [-0.1, -0.05) is 30.3 Å². The molecular weight excluding hydrogens is 370 g/mol. The maximum Gasteiger partial charge on any atom is 0.0748 e. The maximum absolute atomic E-state index is 4.80. The van der Waals surface area contributed by atoms with Crippen LogP contribution in [0.1, 0.15) is 23.4 Å². The third-order valence-electron chi connectivity index (χ3n) is 5.17. The van der Waals surface area contributed by atoms with E-state index in [0.717, 1.165) is 48.6 Å². The van der Waals surface area contributed by atoms with Crippen molar-refractivity contribution in [1.82, 2.24) is 25.1 Å². The quantitative estimate of drug-likeness (QED) is 0.434. The lowest BCUT2D eigenvalue weighted by molar-refractivity contribution is 0.532. The molecule has 0 saturated carbocycles. The number of hydrogen-bond acceptors (Lipinski definition) is 4. The minimum atomic E-state index is 0.766. The van der Waals surface area contributed by atoms with Crippen LogP contribution in [-0.2, 0) is 13.1 Å². The minimum absolute atomic E-state index is 0.766. The van der Waals surface area contributed by atoms with Gasteiger partial charge < -0.3 is 5.32 Å². The van der Waals surface area contributed by atoms with Crippen LogP contribution in [0.5, 0.6) is 0 Å². The fourth-order valence-electron chi connectivity index (χ4n) is 3.68. The zero-order valence-corrected chi connectivity index (χ0v) is 17.5. The van der Waals surface area contributed by atoms with E-state index in [1.54, 1.807) is 0 Å². The van der Waals surface area contributed by atoms with E-state index >= 15 is 0 Å². The van der Waals surface area contributed by atoms with Crippen molar-refractivity contribution >= 4 is 0 Å². The second kappa shape index (κ2) is 9.46. The lowest BCUT2D eigenvalue weighted by Crippen LogP contribution is -2.18. The minimum Gasteiger partial charge on any atom is -0.313 e. The monoisotopic (exact) mass is 397 g/mol. The summed E-state index contributed by atoms with van der Waals surface area (Å²) in [5, 5.41) is 8.13. The SMILES string of the molecule is Cc1cc(C)n(CCCNCc2cc(-c3ccccc3)cnc2-c2ccncc2)n1. The van der Waals surface area contributed by atoms with Gasteiger partial charge in [-0.2, -0.15) is 5.10 Å². The van der Waals surface area contributed by atoms with Crippen LogP contribution in [0.3, 0.4) is 0 Å². The lowest BCUT2D eigenvalue weighted by Gasteiger charge is -2.13. The van der Waals surface area contributed by atoms with Gasteiger partial charge >= 0.3 is 0 Å². The molecule has 0 fully saturated rings. The molecule has 30 heavy (non-hydrogen) atoms. The fourth-order valence-corrected chi connectivity index (χ4v) is 3.68. The van der Waals surface area contributed by atoms with Crippen molar-refractivity contribution in [2.45, 2.75) is 33.4 Å². The van der Waals surface area contributed by atoms with Crippen LogP contribution in [0.25, 0.3) is 22.4 Å². The lowest BCUT2D eigenvalue weighted by atomic mass is 10.0. The molecule has 5 nitrogen and oxygen atoms in total. The largest absolute Gasteiger partial charge is 0.313 e. The molecule has 1 aromatic carbocycles. The number of pyridine rings is 2. The van der Waals surface area contributed by atoms with Gasteiger partial charge in [-0.05, 0) is 62.2 Å². The number of nitrogens with one attached hydrogen (secondary N) is 1. The number of aryl methyl sites for hydroxylation is 3. The van der Waals surface area contributed by atoms with Crippen LogP contribution < -0.4 is 5.32 Å². The van der Waals surface area contributed by atoms with E-state index in [0.29, 0.717) is 0 Å². The number of nitrogens with zero attached hydrogens (tertiary/aromatic N) is 4. The van der Waals surface area contributed by atoms with Gasteiger partial charge in [0.2, 0.25) is 0 Å². The first kappa shape index (κ1) is 20.0. The molecule has 3 aromatic heterocycles. The summed E-state index contributed by atoms with van der Waals surface area (Å²) in [6.45, 7) is 6.75. The third kappa shape index (κ3) is 4.81. The van der Waals surface area contributed by atoms with E-state index in [4.69, 9.17) is 4.98 Å². The summed E-state index contributed by atoms with van der Waals surface area (Å²) in [6.07, 6.45) is 6.61. The van der Waals surface area contributed by atoms with E-state index in [1.807, 2.05) is 43.7 Å². The van der Waals surface area contributed by atoms with Gasteiger partial charge in [0.1, 0.15) is 0 Å². The van der Waals surface area contributed by atoms with Crippen molar-refractivity contribution in [3.05, 3.63) is 90.1 Å². The maximum atomic E-state index is 4.80. The Hall–Kier alpha value is -3.31. The predicted octanol–water partition coefficient (Wildman–Crippen LogP) is 4.80. The summed E-state index contributed by atoms with van der Waals surface area (Å²) in [7, 11) is 0. The van der Waals surface area contributed by atoms with Crippen molar-refractivity contribution in [2.75, 3.05) is 6.54 Å². The van der Waals surface area contributed by atoms with Gasteiger partial charge in [0, 0.05) is 48.5 Å². The van der Waals surface area contributed by atoms with Crippen LogP contribution in [0.15, 0.2) is 73.2 Å². The molecule has 0 unspecified atom stereocenters. The molecular formula is C25H27N5. The molecule has 3 heterocycles. The number of rotatable bonds is 8. The predicted molar refractivity (Wildman–Crippen MR) is 121 cm³/mol. The molecule has 152 valence electrons. The molecule has 4 aromatic rings. The van der Waals surface area contributed by atoms with E-state index in [2.05, 4.69) is 63.4 Å². The molecule has 0 radical (unpaired) electrons. The van der Waals surface area contributed by atoms with Gasteiger partial charge in [-0.3, -0.25) is 14.6 Å². The highest BCUT2D eigenvalue weighted by molar-refractivity contribution is 5.69. The van der Waals surface area contributed by atoms with Crippen LogP contribution in [0.4, 0.5) is 0 Å². The standard InChI is InChI=1S/C25H27N5/c1-19-15-20(2)30(29-19)14-6-11-27-17-24-16-23(21-7-4-3-5-8-21)18-28-25(24)22-9-12-26-13-10-22/h3-5,7-10,12-13,15-16,18,27H,6,11,14,17H2,1-2H3. The molecule has 0 amide bonds. The molecule has 5 heteroatoms. The first-order valence-corrected chi connectivity index (χ1v) is 10.4. The van der Waals surface area contributed by atoms with Gasteiger partial charge in [0.25, 0.3) is 0 Å². The number of hydrogen-bond donors (Lipinski definition) is 1. The molecule has 0 aliphatic carbocycles. The topological polar surface area (TPSA) is 55.6 Å². The summed E-state index contributed by atoms with van der Waals surface area (Å²) in [6, 6.07) is 18.8. The molecule has 0 bridgehead atoms. The Morgan fingerprint density at radius 2 is 1.70 bits per heavy atom. The van der Waals surface area contributed by atoms with E-state index < -0.39 is 0 Å².